The van der Waals surface area contributed by atoms with Crippen molar-refractivity contribution in [3.05, 3.63) is 23.8 Å². The fraction of sp³-hybridized carbons (Fsp3) is 0.417. The highest BCUT2D eigenvalue weighted by Gasteiger charge is 2.11. The number of sulfonamides is 1. The van der Waals surface area contributed by atoms with Crippen molar-refractivity contribution >= 4 is 16.3 Å². The number of methoxy groups -OCH3 is 2. The Kier molecular flexibility index (Phi) is 5.78. The first kappa shape index (κ1) is 15.5. The van der Waals surface area contributed by atoms with Crippen molar-refractivity contribution < 1.29 is 22.7 Å². The van der Waals surface area contributed by atoms with Gasteiger partial charge in [-0.15, -0.1) is 0 Å². The molecule has 0 radical (unpaired) electrons. The first-order chi connectivity index (χ1) is 9.02. The average Bonchev–Trinajstić information content (AvgIpc) is 2.42. The number of nitrogens with one attached hydrogen (secondary N) is 1. The number of carbonyl (C=O) groups is 1. The minimum absolute atomic E-state index is 0.0188. The van der Waals surface area contributed by atoms with Gasteiger partial charge in [0.1, 0.15) is 17.8 Å². The van der Waals surface area contributed by atoms with Gasteiger partial charge in [0.2, 0.25) is 10.0 Å². The maximum absolute atomic E-state index is 11.5. The summed E-state index contributed by atoms with van der Waals surface area (Å²) >= 11 is 0. The molecule has 0 fully saturated rings. The monoisotopic (exact) mass is 287 g/mol. The van der Waals surface area contributed by atoms with Crippen molar-refractivity contribution in [2.75, 3.05) is 20.0 Å². The van der Waals surface area contributed by atoms with Gasteiger partial charge in [-0.3, -0.25) is 0 Å². The van der Waals surface area contributed by atoms with Crippen LogP contribution in [0.3, 0.4) is 0 Å². The lowest BCUT2D eigenvalue weighted by atomic mass is 10.2. The van der Waals surface area contributed by atoms with Crippen molar-refractivity contribution in [2.24, 2.45) is 0 Å². The van der Waals surface area contributed by atoms with Gasteiger partial charge in [0.15, 0.2) is 0 Å². The van der Waals surface area contributed by atoms with Crippen molar-refractivity contribution in [2.45, 2.75) is 13.0 Å². The number of aldehydes is 1. The molecule has 1 rings (SSSR count). The molecule has 0 spiro atoms. The van der Waals surface area contributed by atoms with E-state index in [9.17, 15) is 13.2 Å². The molecule has 0 unspecified atom stereocenters. The van der Waals surface area contributed by atoms with Crippen molar-refractivity contribution in [3.63, 3.8) is 0 Å². The Hall–Kier alpha value is -1.60. The molecule has 0 aliphatic rings. The van der Waals surface area contributed by atoms with Crippen LogP contribution in [-0.4, -0.2) is 34.7 Å². The second-order valence-corrected chi connectivity index (χ2v) is 5.70. The first-order valence-electron chi connectivity index (χ1n) is 5.64. The molecule has 6 nitrogen and oxygen atoms in total. The van der Waals surface area contributed by atoms with E-state index in [0.717, 1.165) is 0 Å². The Morgan fingerprint density at radius 3 is 2.58 bits per heavy atom. The van der Waals surface area contributed by atoms with Gasteiger partial charge in [0.05, 0.1) is 20.0 Å². The third kappa shape index (κ3) is 4.88. The van der Waals surface area contributed by atoms with Gasteiger partial charge in [0, 0.05) is 24.6 Å². The molecule has 0 atom stereocenters. The van der Waals surface area contributed by atoms with Gasteiger partial charge in [-0.25, -0.2) is 13.1 Å². The van der Waals surface area contributed by atoms with Crippen LogP contribution < -0.4 is 14.2 Å². The fourth-order valence-electron chi connectivity index (χ4n) is 1.46. The van der Waals surface area contributed by atoms with E-state index in [1.165, 1.54) is 14.2 Å². The van der Waals surface area contributed by atoms with E-state index in [4.69, 9.17) is 9.47 Å². The summed E-state index contributed by atoms with van der Waals surface area (Å²) < 4.78 is 35.7. The molecule has 0 aromatic heterocycles. The summed E-state index contributed by atoms with van der Waals surface area (Å²) in [7, 11) is -0.413. The van der Waals surface area contributed by atoms with Crippen LogP contribution in [0.1, 0.15) is 12.0 Å². The van der Waals surface area contributed by atoms with Crippen molar-refractivity contribution in [1.82, 2.24) is 4.72 Å². The standard InChI is InChI=1S/C12H17NO5S/c1-17-11-5-4-10(12(8-11)18-2)9-13-19(15,16)7-3-6-14/h4-6,8,13H,3,7,9H2,1-2H3. The topological polar surface area (TPSA) is 81.7 Å². The lowest BCUT2D eigenvalue weighted by molar-refractivity contribution is -0.107. The Morgan fingerprint density at radius 2 is 2.00 bits per heavy atom. The number of hydrogen-bond donors (Lipinski definition) is 1. The Balaban J connectivity index is 2.74. The summed E-state index contributed by atoms with van der Waals surface area (Å²) in [5.41, 5.74) is 0.693. The van der Waals surface area contributed by atoms with Crippen LogP contribution in [0.25, 0.3) is 0 Å². The molecule has 1 aromatic rings. The molecule has 7 heteroatoms. The molecule has 0 heterocycles. The van der Waals surface area contributed by atoms with E-state index in [0.29, 0.717) is 23.3 Å². The maximum Gasteiger partial charge on any atom is 0.212 e. The molecule has 1 aromatic carbocycles. The van der Waals surface area contributed by atoms with Crippen molar-refractivity contribution in [1.29, 1.82) is 0 Å². The van der Waals surface area contributed by atoms with E-state index in [2.05, 4.69) is 4.72 Å². The highest BCUT2D eigenvalue weighted by atomic mass is 32.2. The second-order valence-electron chi connectivity index (χ2n) is 3.77. The highest BCUT2D eigenvalue weighted by Crippen LogP contribution is 2.24. The molecule has 0 saturated heterocycles. The molecule has 0 saturated carbocycles. The van der Waals surface area contributed by atoms with Crippen LogP contribution in [0.2, 0.25) is 0 Å². The predicted octanol–water partition coefficient (Wildman–Crippen LogP) is 0.712. The number of benzene rings is 1. The van der Waals surface area contributed by atoms with E-state index in [-0.39, 0.29) is 18.7 Å². The van der Waals surface area contributed by atoms with Gasteiger partial charge in [0.25, 0.3) is 0 Å². The van der Waals surface area contributed by atoms with Crippen LogP contribution in [0.5, 0.6) is 11.5 Å². The zero-order chi connectivity index (χ0) is 14.3. The van der Waals surface area contributed by atoms with E-state index < -0.39 is 10.0 Å². The molecule has 106 valence electrons. The third-order valence-corrected chi connectivity index (χ3v) is 3.84. The Morgan fingerprint density at radius 1 is 1.26 bits per heavy atom. The number of ether oxygens (including phenoxy) is 2. The maximum atomic E-state index is 11.5. The summed E-state index contributed by atoms with van der Waals surface area (Å²) in [5, 5.41) is 0. The first-order valence-corrected chi connectivity index (χ1v) is 7.29. The third-order valence-electron chi connectivity index (χ3n) is 2.48. The quantitative estimate of drug-likeness (QED) is 0.712. The number of hydrogen-bond acceptors (Lipinski definition) is 5. The number of carbonyl (C=O) groups excluding carboxylic acids is 1. The zero-order valence-corrected chi connectivity index (χ0v) is 11.7. The fourth-order valence-corrected chi connectivity index (χ4v) is 2.39. The molecule has 1 N–H and O–H groups in total. The minimum Gasteiger partial charge on any atom is -0.497 e. The molecular weight excluding hydrogens is 270 g/mol. The van der Waals surface area contributed by atoms with Crippen LogP contribution in [0.15, 0.2) is 18.2 Å². The van der Waals surface area contributed by atoms with E-state index >= 15 is 0 Å². The van der Waals surface area contributed by atoms with Crippen LogP contribution >= 0.6 is 0 Å². The minimum atomic E-state index is -3.45. The molecule has 0 aliphatic carbocycles. The van der Waals surface area contributed by atoms with E-state index in [1.807, 2.05) is 0 Å². The summed E-state index contributed by atoms with van der Waals surface area (Å²) in [6.45, 7) is 0.106. The van der Waals surface area contributed by atoms with Gasteiger partial charge in [-0.1, -0.05) is 6.07 Å². The SMILES string of the molecule is COc1ccc(CNS(=O)(=O)CCC=O)c(OC)c1. The zero-order valence-electron chi connectivity index (χ0n) is 10.9. The highest BCUT2D eigenvalue weighted by molar-refractivity contribution is 7.89. The van der Waals surface area contributed by atoms with Crippen molar-refractivity contribution in [3.8, 4) is 11.5 Å². The molecular formula is C12H17NO5S. The molecule has 19 heavy (non-hydrogen) atoms. The lowest BCUT2D eigenvalue weighted by Gasteiger charge is -2.11. The summed E-state index contributed by atoms with van der Waals surface area (Å²) in [6.07, 6.45) is 0.558. The summed E-state index contributed by atoms with van der Waals surface area (Å²) in [4.78, 5) is 10.2. The molecule has 0 aliphatic heterocycles. The summed E-state index contributed by atoms with van der Waals surface area (Å²) in [6, 6.07) is 5.12. The molecule has 0 bridgehead atoms. The normalized spacial score (nSPS) is 11.1. The Labute approximate surface area is 112 Å². The van der Waals surface area contributed by atoms with Gasteiger partial charge < -0.3 is 14.3 Å². The predicted molar refractivity (Wildman–Crippen MR) is 70.9 cm³/mol. The second kappa shape index (κ2) is 7.10. The van der Waals surface area contributed by atoms with Gasteiger partial charge in [-0.05, 0) is 6.07 Å². The van der Waals surface area contributed by atoms with E-state index in [1.54, 1.807) is 18.2 Å². The Bertz CT molecular complexity index is 527. The van der Waals surface area contributed by atoms with Crippen LogP contribution in [0, 0.1) is 0 Å². The number of rotatable bonds is 8. The van der Waals surface area contributed by atoms with Crippen LogP contribution in [-0.2, 0) is 21.4 Å². The van der Waals surface area contributed by atoms with Crippen LogP contribution in [0.4, 0.5) is 0 Å². The smallest absolute Gasteiger partial charge is 0.212 e. The largest absolute Gasteiger partial charge is 0.497 e. The average molecular weight is 287 g/mol. The van der Waals surface area contributed by atoms with Gasteiger partial charge >= 0.3 is 0 Å². The summed E-state index contributed by atoms with van der Waals surface area (Å²) in [5.74, 6) is 0.955. The molecule has 0 amide bonds. The van der Waals surface area contributed by atoms with Gasteiger partial charge in [-0.2, -0.15) is 0 Å². The lowest BCUT2D eigenvalue weighted by Crippen LogP contribution is -2.26.